The number of rotatable bonds is 7. The molecular formula is C23H26ClN3O4. The summed E-state index contributed by atoms with van der Waals surface area (Å²) in [6, 6.07) is 10.5. The third-order valence-corrected chi connectivity index (χ3v) is 6.27. The average molecular weight is 444 g/mol. The molecule has 0 spiro atoms. The lowest BCUT2D eigenvalue weighted by atomic mass is 9.81. The van der Waals surface area contributed by atoms with Crippen LogP contribution in [0.15, 0.2) is 47.1 Å². The smallest absolute Gasteiger partial charge is 0.327 e. The van der Waals surface area contributed by atoms with Gasteiger partial charge < -0.3 is 14.6 Å². The van der Waals surface area contributed by atoms with Crippen LogP contribution in [0.3, 0.4) is 0 Å². The fraction of sp³-hybridized carbons (Fsp3) is 0.435. The Kier molecular flexibility index (Phi) is 6.61. The summed E-state index contributed by atoms with van der Waals surface area (Å²) < 4.78 is 5.20. The van der Waals surface area contributed by atoms with Crippen molar-refractivity contribution in [3.8, 4) is 0 Å². The Morgan fingerprint density at radius 1 is 1.16 bits per heavy atom. The number of nitrogens with zero attached hydrogens (tertiary/aromatic N) is 2. The zero-order chi connectivity index (χ0) is 21.8. The standard InChI is InChI=1S/C23H26ClN3O4/c24-17-6-3-5-16(13-17)15-27-20-9-2-1-8-19(20)22(29)26(23(27)30)11-10-21(28)25-14-18-7-4-12-31-18/h3-7,12-13,19-20H,1-2,8-11,14-15H2,(H,25,28). The number of furan rings is 1. The van der Waals surface area contributed by atoms with Gasteiger partial charge in [0.05, 0.1) is 18.7 Å². The van der Waals surface area contributed by atoms with Crippen molar-refractivity contribution in [2.24, 2.45) is 5.92 Å². The van der Waals surface area contributed by atoms with E-state index in [9.17, 15) is 14.4 Å². The molecule has 31 heavy (non-hydrogen) atoms. The number of imide groups is 1. The monoisotopic (exact) mass is 443 g/mol. The van der Waals surface area contributed by atoms with Crippen LogP contribution in [0.5, 0.6) is 0 Å². The molecule has 1 saturated carbocycles. The molecule has 1 aliphatic heterocycles. The third-order valence-electron chi connectivity index (χ3n) is 6.03. The number of nitrogens with one attached hydrogen (secondary N) is 1. The van der Waals surface area contributed by atoms with Gasteiger partial charge in [-0.3, -0.25) is 14.5 Å². The molecule has 1 aromatic carbocycles. The van der Waals surface area contributed by atoms with E-state index in [0.717, 1.165) is 31.2 Å². The molecule has 2 heterocycles. The number of carbonyl (C=O) groups is 3. The highest BCUT2D eigenvalue weighted by atomic mass is 35.5. The quantitative estimate of drug-likeness (QED) is 0.702. The summed E-state index contributed by atoms with van der Waals surface area (Å²) in [4.78, 5) is 41.7. The summed E-state index contributed by atoms with van der Waals surface area (Å²) in [6.07, 6.45) is 5.17. The maximum atomic E-state index is 13.3. The summed E-state index contributed by atoms with van der Waals surface area (Å²) in [5.74, 6) is 0.0491. The van der Waals surface area contributed by atoms with Gasteiger partial charge in [-0.25, -0.2) is 4.79 Å². The van der Waals surface area contributed by atoms with Crippen LogP contribution in [0.1, 0.15) is 43.4 Å². The third kappa shape index (κ3) is 4.93. The first-order valence-corrected chi connectivity index (χ1v) is 11.1. The fourth-order valence-corrected chi connectivity index (χ4v) is 4.70. The lowest BCUT2D eigenvalue weighted by Crippen LogP contribution is -2.62. The van der Waals surface area contributed by atoms with Crippen molar-refractivity contribution in [2.75, 3.05) is 6.54 Å². The number of carbonyl (C=O) groups excluding carboxylic acids is 3. The molecule has 1 saturated heterocycles. The van der Waals surface area contributed by atoms with Gasteiger partial charge in [-0.15, -0.1) is 0 Å². The molecule has 164 valence electrons. The molecule has 1 aliphatic carbocycles. The first kappa shape index (κ1) is 21.4. The largest absolute Gasteiger partial charge is 0.467 e. The molecule has 4 rings (SSSR count). The Labute approximate surface area is 186 Å². The zero-order valence-electron chi connectivity index (χ0n) is 17.3. The van der Waals surface area contributed by atoms with Gasteiger partial charge in [-0.1, -0.05) is 36.6 Å². The number of halogens is 1. The van der Waals surface area contributed by atoms with E-state index in [1.165, 1.54) is 4.90 Å². The van der Waals surface area contributed by atoms with Crippen molar-refractivity contribution in [1.82, 2.24) is 15.1 Å². The van der Waals surface area contributed by atoms with Gasteiger partial charge in [-0.05, 0) is 42.7 Å². The van der Waals surface area contributed by atoms with Crippen molar-refractivity contribution >= 4 is 29.4 Å². The summed E-state index contributed by atoms with van der Waals surface area (Å²) >= 11 is 6.12. The second kappa shape index (κ2) is 9.56. The number of fused-ring (bicyclic) bond motifs is 1. The van der Waals surface area contributed by atoms with Gasteiger partial charge in [0.1, 0.15) is 5.76 Å². The molecular weight excluding hydrogens is 418 g/mol. The number of urea groups is 1. The van der Waals surface area contributed by atoms with Crippen LogP contribution < -0.4 is 5.32 Å². The Hall–Kier alpha value is -2.80. The van der Waals surface area contributed by atoms with Crippen molar-refractivity contribution in [3.63, 3.8) is 0 Å². The van der Waals surface area contributed by atoms with Gasteiger partial charge in [0.2, 0.25) is 11.8 Å². The summed E-state index contributed by atoms with van der Waals surface area (Å²) in [6.45, 7) is 0.741. The first-order chi connectivity index (χ1) is 15.0. The minimum Gasteiger partial charge on any atom is -0.467 e. The number of benzene rings is 1. The molecule has 2 atom stereocenters. The van der Waals surface area contributed by atoms with Gasteiger partial charge in [0.25, 0.3) is 0 Å². The maximum Gasteiger partial charge on any atom is 0.327 e. The van der Waals surface area contributed by atoms with Crippen LogP contribution in [0.4, 0.5) is 4.79 Å². The minimum absolute atomic E-state index is 0.0561. The van der Waals surface area contributed by atoms with Crippen LogP contribution in [-0.4, -0.2) is 40.2 Å². The second-order valence-corrected chi connectivity index (χ2v) is 8.53. The Morgan fingerprint density at radius 3 is 2.77 bits per heavy atom. The van der Waals surface area contributed by atoms with Crippen LogP contribution in [0.2, 0.25) is 5.02 Å². The van der Waals surface area contributed by atoms with Gasteiger partial charge in [0, 0.05) is 30.6 Å². The zero-order valence-corrected chi connectivity index (χ0v) is 18.0. The normalized spacial score (nSPS) is 21.2. The van der Waals surface area contributed by atoms with E-state index in [2.05, 4.69) is 5.32 Å². The molecule has 1 N–H and O–H groups in total. The van der Waals surface area contributed by atoms with Crippen LogP contribution >= 0.6 is 11.6 Å². The van der Waals surface area contributed by atoms with E-state index in [1.807, 2.05) is 18.2 Å². The molecule has 7 nitrogen and oxygen atoms in total. The molecule has 8 heteroatoms. The Bertz CT molecular complexity index is 946. The van der Waals surface area contributed by atoms with Crippen LogP contribution in [0, 0.1) is 5.92 Å². The van der Waals surface area contributed by atoms with Crippen LogP contribution in [-0.2, 0) is 22.7 Å². The number of hydrogen-bond acceptors (Lipinski definition) is 4. The van der Waals surface area contributed by atoms with E-state index in [1.54, 1.807) is 29.4 Å². The summed E-state index contributed by atoms with van der Waals surface area (Å²) in [5, 5.41) is 3.37. The van der Waals surface area contributed by atoms with E-state index < -0.39 is 0 Å². The highest BCUT2D eigenvalue weighted by molar-refractivity contribution is 6.30. The number of amides is 4. The molecule has 0 bridgehead atoms. The summed E-state index contributed by atoms with van der Waals surface area (Å²) in [5.41, 5.74) is 0.927. The predicted molar refractivity (Wildman–Crippen MR) is 115 cm³/mol. The Morgan fingerprint density at radius 2 is 2.00 bits per heavy atom. The van der Waals surface area contributed by atoms with Crippen molar-refractivity contribution in [1.29, 1.82) is 0 Å². The van der Waals surface area contributed by atoms with Crippen LogP contribution in [0.25, 0.3) is 0 Å². The summed E-state index contributed by atoms with van der Waals surface area (Å²) in [7, 11) is 0. The van der Waals surface area contributed by atoms with Gasteiger partial charge >= 0.3 is 6.03 Å². The average Bonchev–Trinajstić information content (AvgIpc) is 3.29. The second-order valence-electron chi connectivity index (χ2n) is 8.09. The first-order valence-electron chi connectivity index (χ1n) is 10.7. The molecule has 4 amide bonds. The highest BCUT2D eigenvalue weighted by Crippen LogP contribution is 2.35. The van der Waals surface area contributed by atoms with Crippen molar-refractivity contribution in [3.05, 3.63) is 59.0 Å². The molecule has 2 aromatic rings. The minimum atomic E-state index is -0.327. The van der Waals surface area contributed by atoms with E-state index in [-0.39, 0.29) is 49.3 Å². The van der Waals surface area contributed by atoms with Crippen molar-refractivity contribution < 1.29 is 18.8 Å². The molecule has 2 aliphatic rings. The fourth-order valence-electron chi connectivity index (χ4n) is 4.49. The van der Waals surface area contributed by atoms with E-state index in [4.69, 9.17) is 16.0 Å². The van der Waals surface area contributed by atoms with Gasteiger partial charge in [-0.2, -0.15) is 0 Å². The molecule has 2 fully saturated rings. The molecule has 1 aromatic heterocycles. The van der Waals surface area contributed by atoms with Crippen molar-refractivity contribution in [2.45, 2.75) is 51.2 Å². The molecule has 2 unspecified atom stereocenters. The Balaban J connectivity index is 1.44. The molecule has 0 radical (unpaired) electrons. The van der Waals surface area contributed by atoms with E-state index >= 15 is 0 Å². The highest BCUT2D eigenvalue weighted by Gasteiger charge is 2.46. The lowest BCUT2D eigenvalue weighted by molar-refractivity contribution is -0.141. The predicted octanol–water partition coefficient (Wildman–Crippen LogP) is 3.96. The number of hydrogen-bond donors (Lipinski definition) is 1. The topological polar surface area (TPSA) is 82.9 Å². The van der Waals surface area contributed by atoms with Gasteiger partial charge in [0.15, 0.2) is 0 Å². The van der Waals surface area contributed by atoms with E-state index in [0.29, 0.717) is 17.3 Å². The SMILES string of the molecule is O=C(CCN1C(=O)C2CCCCC2N(Cc2cccc(Cl)c2)C1=O)NCc1ccco1. The lowest BCUT2D eigenvalue weighted by Gasteiger charge is -2.47. The maximum absolute atomic E-state index is 13.3.